The van der Waals surface area contributed by atoms with Crippen LogP contribution in [0.15, 0.2) is 77.8 Å². The molecule has 2 aromatic heterocycles. The van der Waals surface area contributed by atoms with Crippen LogP contribution in [0.2, 0.25) is 0 Å². The Kier molecular flexibility index (Phi) is 9.14. The van der Waals surface area contributed by atoms with Gasteiger partial charge in [-0.05, 0) is 74.7 Å². The maximum atomic E-state index is 12.8. The van der Waals surface area contributed by atoms with Crippen molar-refractivity contribution >= 4 is 26.8 Å². The summed E-state index contributed by atoms with van der Waals surface area (Å²) in [6, 6.07) is 20.1. The van der Waals surface area contributed by atoms with E-state index in [0.717, 1.165) is 52.8 Å². The highest BCUT2D eigenvalue weighted by molar-refractivity contribution is 7.86. The van der Waals surface area contributed by atoms with Crippen molar-refractivity contribution in [3.8, 4) is 17.0 Å². The summed E-state index contributed by atoms with van der Waals surface area (Å²) >= 11 is 0. The standard InChI is InChI=1S/C31H35N3O6S/c1-22-7-12-27(13-8-22)41(35,36)39-21-26(40-31-6-4-5-17-37-31)20-38-25-11-15-28-23(18-25)9-14-29(33-28)24-10-16-30(32-19-24)34(2)3/h7-16,18-19,26,31H,4-6,17,20-21H2,1-3H3. The highest BCUT2D eigenvalue weighted by atomic mass is 32.2. The van der Waals surface area contributed by atoms with Crippen LogP contribution < -0.4 is 9.64 Å². The van der Waals surface area contributed by atoms with Crippen molar-refractivity contribution in [1.82, 2.24) is 9.97 Å². The molecular formula is C31H35N3O6S. The van der Waals surface area contributed by atoms with Crippen molar-refractivity contribution < 1.29 is 26.8 Å². The fourth-order valence-electron chi connectivity index (χ4n) is 4.44. The number of nitrogens with zero attached hydrogens (tertiary/aromatic N) is 3. The highest BCUT2D eigenvalue weighted by Crippen LogP contribution is 2.25. The van der Waals surface area contributed by atoms with E-state index in [1.54, 1.807) is 12.1 Å². The number of benzene rings is 2. The first-order valence-corrected chi connectivity index (χ1v) is 15.1. The van der Waals surface area contributed by atoms with Crippen molar-refractivity contribution in [2.24, 2.45) is 0 Å². The van der Waals surface area contributed by atoms with E-state index in [2.05, 4.69) is 4.98 Å². The Bertz CT molecular complexity index is 1550. The third kappa shape index (κ3) is 7.59. The summed E-state index contributed by atoms with van der Waals surface area (Å²) in [5, 5.41) is 0.912. The predicted molar refractivity (Wildman–Crippen MR) is 158 cm³/mol. The van der Waals surface area contributed by atoms with Gasteiger partial charge in [-0.3, -0.25) is 4.18 Å². The summed E-state index contributed by atoms with van der Waals surface area (Å²) in [7, 11) is -0.0444. The Hall–Kier alpha value is -3.57. The van der Waals surface area contributed by atoms with Gasteiger partial charge in [-0.2, -0.15) is 8.42 Å². The normalized spacial score (nSPS) is 16.4. The van der Waals surface area contributed by atoms with Gasteiger partial charge in [-0.1, -0.05) is 23.8 Å². The highest BCUT2D eigenvalue weighted by Gasteiger charge is 2.24. The van der Waals surface area contributed by atoms with Crippen LogP contribution in [0.3, 0.4) is 0 Å². The minimum atomic E-state index is -3.95. The van der Waals surface area contributed by atoms with E-state index in [1.165, 1.54) is 12.1 Å². The van der Waals surface area contributed by atoms with Crippen molar-refractivity contribution in [2.45, 2.75) is 43.5 Å². The number of ether oxygens (including phenoxy) is 3. The maximum absolute atomic E-state index is 12.8. The molecule has 0 spiro atoms. The van der Waals surface area contributed by atoms with Crippen LogP contribution in [0.4, 0.5) is 5.82 Å². The van der Waals surface area contributed by atoms with Gasteiger partial charge in [0.15, 0.2) is 6.29 Å². The summed E-state index contributed by atoms with van der Waals surface area (Å²) in [6.07, 6.45) is 3.42. The van der Waals surface area contributed by atoms with Crippen molar-refractivity contribution in [2.75, 3.05) is 38.8 Å². The number of anilines is 1. The van der Waals surface area contributed by atoms with Gasteiger partial charge in [0, 0.05) is 37.8 Å². The molecule has 0 bridgehead atoms. The Morgan fingerprint density at radius 2 is 1.83 bits per heavy atom. The van der Waals surface area contributed by atoms with Crippen molar-refractivity contribution in [3.63, 3.8) is 0 Å². The van der Waals surface area contributed by atoms with E-state index in [-0.39, 0.29) is 18.1 Å². The molecule has 216 valence electrons. The van der Waals surface area contributed by atoms with Crippen LogP contribution in [0.5, 0.6) is 5.75 Å². The molecule has 0 N–H and O–H groups in total. The van der Waals surface area contributed by atoms with E-state index in [1.807, 2.05) is 74.6 Å². The smallest absolute Gasteiger partial charge is 0.297 e. The van der Waals surface area contributed by atoms with Crippen molar-refractivity contribution in [1.29, 1.82) is 0 Å². The van der Waals surface area contributed by atoms with Gasteiger partial charge in [0.25, 0.3) is 10.1 Å². The zero-order chi connectivity index (χ0) is 28.8. The lowest BCUT2D eigenvalue weighted by atomic mass is 10.1. The van der Waals surface area contributed by atoms with Crippen LogP contribution >= 0.6 is 0 Å². The van der Waals surface area contributed by atoms with Gasteiger partial charge in [0.2, 0.25) is 0 Å². The first kappa shape index (κ1) is 28.9. The molecule has 41 heavy (non-hydrogen) atoms. The maximum Gasteiger partial charge on any atom is 0.297 e. The number of pyridine rings is 2. The average molecular weight is 578 g/mol. The van der Waals surface area contributed by atoms with Crippen molar-refractivity contribution in [3.05, 3.63) is 78.5 Å². The van der Waals surface area contributed by atoms with Crippen LogP contribution in [0.25, 0.3) is 22.2 Å². The van der Waals surface area contributed by atoms with Crippen LogP contribution in [0.1, 0.15) is 24.8 Å². The fourth-order valence-corrected chi connectivity index (χ4v) is 5.38. The lowest BCUT2D eigenvalue weighted by molar-refractivity contribution is -0.198. The third-order valence-corrected chi connectivity index (χ3v) is 8.10. The number of aromatic nitrogens is 2. The first-order valence-electron chi connectivity index (χ1n) is 13.7. The molecule has 1 aliphatic rings. The second-order valence-corrected chi connectivity index (χ2v) is 11.9. The molecule has 1 saturated heterocycles. The van der Waals surface area contributed by atoms with Gasteiger partial charge >= 0.3 is 0 Å². The lowest BCUT2D eigenvalue weighted by Crippen LogP contribution is -2.35. The van der Waals surface area contributed by atoms with Gasteiger partial charge in [0.05, 0.1) is 22.7 Å². The second kappa shape index (κ2) is 12.9. The SMILES string of the molecule is Cc1ccc(S(=O)(=O)OCC(COc2ccc3nc(-c4ccc(N(C)C)nc4)ccc3c2)OC2CCCCO2)cc1. The topological polar surface area (TPSA) is 100 Å². The predicted octanol–water partition coefficient (Wildman–Crippen LogP) is 5.37. The molecule has 5 rings (SSSR count). The molecular weight excluding hydrogens is 542 g/mol. The molecule has 1 fully saturated rings. The quantitative estimate of drug-likeness (QED) is 0.218. The summed E-state index contributed by atoms with van der Waals surface area (Å²) in [6.45, 7) is 2.39. The molecule has 3 heterocycles. The summed E-state index contributed by atoms with van der Waals surface area (Å²) < 4.78 is 48.8. The molecule has 0 radical (unpaired) electrons. The average Bonchev–Trinajstić information content (AvgIpc) is 2.99. The minimum Gasteiger partial charge on any atom is -0.491 e. The zero-order valence-corrected chi connectivity index (χ0v) is 24.3. The van der Waals surface area contributed by atoms with Gasteiger partial charge in [-0.15, -0.1) is 0 Å². The molecule has 9 nitrogen and oxygen atoms in total. The second-order valence-electron chi connectivity index (χ2n) is 10.3. The van der Waals surface area contributed by atoms with E-state index < -0.39 is 22.5 Å². The zero-order valence-electron chi connectivity index (χ0n) is 23.5. The van der Waals surface area contributed by atoms with E-state index in [9.17, 15) is 8.42 Å². The molecule has 2 unspecified atom stereocenters. The number of hydrogen-bond acceptors (Lipinski definition) is 9. The molecule has 1 aliphatic heterocycles. The summed E-state index contributed by atoms with van der Waals surface area (Å²) in [4.78, 5) is 11.3. The number of aryl methyl sites for hydroxylation is 1. The third-order valence-electron chi connectivity index (χ3n) is 6.80. The molecule has 0 amide bonds. The molecule has 4 aromatic rings. The minimum absolute atomic E-state index is 0.0875. The Labute approximate surface area is 241 Å². The molecule has 0 aliphatic carbocycles. The van der Waals surface area contributed by atoms with Gasteiger partial charge < -0.3 is 19.1 Å². The van der Waals surface area contributed by atoms with Gasteiger partial charge in [0.1, 0.15) is 24.3 Å². The van der Waals surface area contributed by atoms with Crippen LogP contribution in [-0.4, -0.2) is 64.7 Å². The Balaban J connectivity index is 1.26. The van der Waals surface area contributed by atoms with E-state index in [0.29, 0.717) is 12.4 Å². The Morgan fingerprint density at radius 3 is 2.54 bits per heavy atom. The summed E-state index contributed by atoms with van der Waals surface area (Å²) in [5.41, 5.74) is 3.55. The number of fused-ring (bicyclic) bond motifs is 1. The molecule has 10 heteroatoms. The molecule has 0 saturated carbocycles. The van der Waals surface area contributed by atoms with Crippen LogP contribution in [-0.2, 0) is 23.8 Å². The fraction of sp³-hybridized carbons (Fsp3) is 0.355. The van der Waals surface area contributed by atoms with E-state index >= 15 is 0 Å². The largest absolute Gasteiger partial charge is 0.491 e. The van der Waals surface area contributed by atoms with Gasteiger partial charge in [-0.25, -0.2) is 9.97 Å². The van der Waals surface area contributed by atoms with E-state index in [4.69, 9.17) is 23.4 Å². The first-order chi connectivity index (χ1) is 19.8. The van der Waals surface area contributed by atoms with Crippen LogP contribution in [0, 0.1) is 6.92 Å². The number of hydrogen-bond donors (Lipinski definition) is 0. The monoisotopic (exact) mass is 577 g/mol. The Morgan fingerprint density at radius 1 is 1.00 bits per heavy atom. The lowest BCUT2D eigenvalue weighted by Gasteiger charge is -2.27. The molecule has 2 atom stereocenters. The number of rotatable bonds is 11. The summed E-state index contributed by atoms with van der Waals surface area (Å²) in [5.74, 6) is 1.50. The molecule has 2 aromatic carbocycles.